The van der Waals surface area contributed by atoms with E-state index in [4.69, 9.17) is 8.42 Å². The normalized spacial score (nSPS) is 10.8. The van der Waals surface area contributed by atoms with Crippen molar-refractivity contribution in [1.82, 2.24) is 0 Å². The SMILES string of the molecule is C=NS(=O)(=O)F. The van der Waals surface area contributed by atoms with Crippen molar-refractivity contribution in [2.24, 2.45) is 4.40 Å². The average Bonchev–Trinajstić information content (AvgIpc) is 1.35. The highest BCUT2D eigenvalue weighted by Crippen LogP contribution is 1.85. The third-order valence-electron chi connectivity index (χ3n) is 0.154. The van der Waals surface area contributed by atoms with Gasteiger partial charge in [-0.2, -0.15) is 12.8 Å². The summed E-state index contributed by atoms with van der Waals surface area (Å²) in [4.78, 5) is 0. The fourth-order valence-corrected chi connectivity index (χ4v) is 0. The summed E-state index contributed by atoms with van der Waals surface area (Å²) in [6.07, 6.45) is 0. The first-order valence-corrected chi connectivity index (χ1v) is 2.33. The molecule has 0 aliphatic heterocycles. The zero-order chi connectivity index (χ0) is 5.21. The van der Waals surface area contributed by atoms with E-state index in [1.807, 2.05) is 0 Å². The molecule has 0 aliphatic rings. The molecule has 36 valence electrons. The molecule has 0 saturated carbocycles. The first kappa shape index (κ1) is 5.55. The Bertz CT molecular complexity index is 124. The highest BCUT2D eigenvalue weighted by atomic mass is 32.3. The molecule has 0 amide bonds. The van der Waals surface area contributed by atoms with Crippen LogP contribution in [0.1, 0.15) is 0 Å². The van der Waals surface area contributed by atoms with E-state index >= 15 is 0 Å². The Morgan fingerprint density at radius 1 is 1.67 bits per heavy atom. The molecule has 0 radical (unpaired) electrons. The summed E-state index contributed by atoms with van der Waals surface area (Å²) in [7, 11) is -4.65. The molecule has 0 fully saturated rings. The van der Waals surface area contributed by atoms with Crippen molar-refractivity contribution in [3.8, 4) is 0 Å². The number of nitrogens with zero attached hydrogens (tertiary/aromatic N) is 1. The predicted molar refractivity (Wildman–Crippen MR) is 19.6 cm³/mol. The van der Waals surface area contributed by atoms with Gasteiger partial charge in [-0.05, 0) is 0 Å². The van der Waals surface area contributed by atoms with Crippen LogP contribution in [-0.4, -0.2) is 15.1 Å². The molecule has 3 nitrogen and oxygen atoms in total. The second kappa shape index (κ2) is 1.34. The van der Waals surface area contributed by atoms with Crippen molar-refractivity contribution in [2.45, 2.75) is 0 Å². The van der Waals surface area contributed by atoms with Gasteiger partial charge in [-0.1, -0.05) is 3.89 Å². The molecule has 0 saturated heterocycles. The molecule has 0 heterocycles. The van der Waals surface area contributed by atoms with Crippen LogP contribution in [0.4, 0.5) is 3.89 Å². The summed E-state index contributed by atoms with van der Waals surface area (Å²) in [5.41, 5.74) is 0. The Hall–Kier alpha value is -0.450. The first-order chi connectivity index (χ1) is 2.56. The molecule has 0 N–H and O–H groups in total. The number of hydrogen-bond acceptors (Lipinski definition) is 2. The minimum atomic E-state index is -4.65. The van der Waals surface area contributed by atoms with Gasteiger partial charge < -0.3 is 0 Å². The van der Waals surface area contributed by atoms with Crippen molar-refractivity contribution in [1.29, 1.82) is 0 Å². The quantitative estimate of drug-likeness (QED) is 0.350. The Morgan fingerprint density at radius 3 is 1.83 bits per heavy atom. The summed E-state index contributed by atoms with van der Waals surface area (Å²) in [5, 5.41) is 0. The van der Waals surface area contributed by atoms with Gasteiger partial charge in [0.2, 0.25) is 0 Å². The van der Waals surface area contributed by atoms with Gasteiger partial charge in [0, 0.05) is 6.72 Å². The molecule has 5 heteroatoms. The van der Waals surface area contributed by atoms with Gasteiger partial charge >= 0.3 is 10.4 Å². The smallest absolute Gasteiger partial charge is 0.170 e. The van der Waals surface area contributed by atoms with E-state index in [1.54, 1.807) is 0 Å². The zero-order valence-electron chi connectivity index (χ0n) is 2.76. The van der Waals surface area contributed by atoms with E-state index in [0.717, 1.165) is 0 Å². The fourth-order valence-electron chi connectivity index (χ4n) is 0. The molecule has 0 aromatic heterocycles. The summed E-state index contributed by atoms with van der Waals surface area (Å²) in [6, 6.07) is 0. The standard InChI is InChI=1S/CH2FNO2S/c1-3-6(2,4)5/h1H2. The van der Waals surface area contributed by atoms with Crippen LogP contribution < -0.4 is 0 Å². The van der Waals surface area contributed by atoms with Gasteiger partial charge in [-0.25, -0.2) is 0 Å². The minimum Gasteiger partial charge on any atom is -0.170 e. The average molecular weight is 111 g/mol. The van der Waals surface area contributed by atoms with E-state index < -0.39 is 10.4 Å². The van der Waals surface area contributed by atoms with E-state index in [-0.39, 0.29) is 0 Å². The predicted octanol–water partition coefficient (Wildman–Crippen LogP) is -0.0987. The van der Waals surface area contributed by atoms with E-state index in [9.17, 15) is 3.89 Å². The van der Waals surface area contributed by atoms with Crippen molar-refractivity contribution >= 4 is 17.1 Å². The number of rotatable bonds is 1. The zero-order valence-corrected chi connectivity index (χ0v) is 3.57. The fraction of sp³-hybridized carbons (Fsp3) is 0. The molecule has 0 aromatic rings. The Labute approximate surface area is 34.9 Å². The molecule has 0 spiro atoms. The Kier molecular flexibility index (Phi) is 1.24. The van der Waals surface area contributed by atoms with Gasteiger partial charge in [-0.3, -0.25) is 0 Å². The molecule has 0 bridgehead atoms. The number of hydrogen-bond donors (Lipinski definition) is 0. The topological polar surface area (TPSA) is 46.5 Å². The molecule has 0 aromatic carbocycles. The summed E-state index contributed by atoms with van der Waals surface area (Å²) in [6.45, 7) is 2.42. The van der Waals surface area contributed by atoms with Crippen LogP contribution in [0.2, 0.25) is 0 Å². The van der Waals surface area contributed by atoms with Gasteiger partial charge in [0.05, 0.1) is 0 Å². The molecule has 0 unspecified atom stereocenters. The van der Waals surface area contributed by atoms with Crippen molar-refractivity contribution in [2.75, 3.05) is 0 Å². The van der Waals surface area contributed by atoms with Crippen LogP contribution in [0.3, 0.4) is 0 Å². The van der Waals surface area contributed by atoms with Gasteiger partial charge in [-0.15, -0.1) is 0 Å². The largest absolute Gasteiger partial charge is 0.417 e. The highest BCUT2D eigenvalue weighted by Gasteiger charge is 1.94. The summed E-state index contributed by atoms with van der Waals surface area (Å²) < 4.78 is 31.1. The highest BCUT2D eigenvalue weighted by molar-refractivity contribution is 7.85. The second-order valence-corrected chi connectivity index (χ2v) is 1.62. The second-order valence-electron chi connectivity index (χ2n) is 0.541. The van der Waals surface area contributed by atoms with Crippen LogP contribution in [0.5, 0.6) is 0 Å². The van der Waals surface area contributed by atoms with Crippen LogP contribution in [0, 0.1) is 0 Å². The monoisotopic (exact) mass is 111 g/mol. The number of halogens is 1. The van der Waals surface area contributed by atoms with E-state index in [2.05, 4.69) is 11.1 Å². The first-order valence-electron chi connectivity index (χ1n) is 0.986. The maximum Gasteiger partial charge on any atom is 0.417 e. The van der Waals surface area contributed by atoms with Gasteiger partial charge in [0.25, 0.3) is 0 Å². The lowest BCUT2D eigenvalue weighted by Gasteiger charge is -1.68. The van der Waals surface area contributed by atoms with Crippen molar-refractivity contribution < 1.29 is 12.3 Å². The van der Waals surface area contributed by atoms with Crippen LogP contribution in [0.25, 0.3) is 0 Å². The Balaban J connectivity index is 4.25. The lowest BCUT2D eigenvalue weighted by Crippen LogP contribution is -1.77. The van der Waals surface area contributed by atoms with Crippen LogP contribution >= 0.6 is 0 Å². The maximum atomic E-state index is 10.9. The summed E-state index contributed by atoms with van der Waals surface area (Å²) >= 11 is 0. The van der Waals surface area contributed by atoms with Gasteiger partial charge in [0.1, 0.15) is 0 Å². The molecule has 0 aliphatic carbocycles. The Morgan fingerprint density at radius 2 is 1.83 bits per heavy atom. The maximum absolute atomic E-state index is 10.9. The third kappa shape index (κ3) is 3.55. The van der Waals surface area contributed by atoms with Crippen molar-refractivity contribution in [3.63, 3.8) is 0 Å². The minimum absolute atomic E-state index is 2.08. The molecular formula is CH2FNO2S. The lowest BCUT2D eigenvalue weighted by atomic mass is 11.8. The molecular weight excluding hydrogens is 109 g/mol. The molecule has 6 heavy (non-hydrogen) atoms. The molecule has 0 atom stereocenters. The summed E-state index contributed by atoms with van der Waals surface area (Å²) in [5.74, 6) is 0. The van der Waals surface area contributed by atoms with Crippen molar-refractivity contribution in [3.05, 3.63) is 0 Å². The molecule has 0 rings (SSSR count). The van der Waals surface area contributed by atoms with E-state index in [0.29, 0.717) is 0 Å². The lowest BCUT2D eigenvalue weighted by molar-refractivity contribution is 0.555. The van der Waals surface area contributed by atoms with E-state index in [1.165, 1.54) is 0 Å². The van der Waals surface area contributed by atoms with Crippen LogP contribution in [0.15, 0.2) is 4.40 Å². The van der Waals surface area contributed by atoms with Crippen LogP contribution in [-0.2, 0) is 10.4 Å². The van der Waals surface area contributed by atoms with Gasteiger partial charge in [0.15, 0.2) is 0 Å². The third-order valence-corrected chi connectivity index (χ3v) is 0.463.